The molecule has 0 unspecified atom stereocenters. The Morgan fingerprint density at radius 1 is 1.29 bits per heavy atom. The zero-order chi connectivity index (χ0) is 17.3. The van der Waals surface area contributed by atoms with Gasteiger partial charge in [0.2, 0.25) is 0 Å². The number of ether oxygens (including phenoxy) is 2. The zero-order valence-corrected chi connectivity index (χ0v) is 14.8. The van der Waals surface area contributed by atoms with Crippen LogP contribution in [0.25, 0.3) is 10.2 Å². The highest BCUT2D eigenvalue weighted by Gasteiger charge is 2.13. The Morgan fingerprint density at radius 2 is 2.00 bits per heavy atom. The van der Waals surface area contributed by atoms with Crippen LogP contribution in [0.4, 0.5) is 0 Å². The Labute approximate surface area is 142 Å². The smallest absolute Gasteiger partial charge is 0.297 e. The number of aromatic nitrogens is 3. The number of carbonyl (C=O) groups excluding carboxylic acids is 1. The lowest BCUT2D eigenvalue weighted by atomic mass is 10.3. The summed E-state index contributed by atoms with van der Waals surface area (Å²) in [6, 6.07) is 5.44. The molecular weight excluding hydrogens is 328 g/mol. The van der Waals surface area contributed by atoms with Crippen LogP contribution in [-0.4, -0.2) is 34.5 Å². The van der Waals surface area contributed by atoms with Gasteiger partial charge >= 0.3 is 0 Å². The van der Waals surface area contributed by atoms with Crippen LogP contribution in [0.2, 0.25) is 0 Å². The van der Waals surface area contributed by atoms with Gasteiger partial charge in [-0.05, 0) is 13.0 Å². The van der Waals surface area contributed by atoms with E-state index in [1.165, 1.54) is 11.3 Å². The van der Waals surface area contributed by atoms with E-state index < -0.39 is 0 Å². The predicted octanol–water partition coefficient (Wildman–Crippen LogP) is 2.21. The minimum absolute atomic E-state index is 0.310. The van der Waals surface area contributed by atoms with Crippen molar-refractivity contribution in [1.29, 1.82) is 0 Å². The van der Waals surface area contributed by atoms with Crippen LogP contribution in [0.15, 0.2) is 29.4 Å². The minimum atomic E-state index is -0.310. The Kier molecular flexibility index (Phi) is 4.39. The minimum Gasteiger partial charge on any atom is -0.493 e. The van der Waals surface area contributed by atoms with Crippen molar-refractivity contribution in [2.24, 2.45) is 12.0 Å². The molecule has 1 amide bonds. The molecule has 0 N–H and O–H groups in total. The van der Waals surface area contributed by atoms with Gasteiger partial charge in [-0.25, -0.2) is 0 Å². The maximum absolute atomic E-state index is 12.4. The summed E-state index contributed by atoms with van der Waals surface area (Å²) in [6.07, 6.45) is 1.60. The highest BCUT2D eigenvalue weighted by atomic mass is 32.1. The summed E-state index contributed by atoms with van der Waals surface area (Å²) in [5, 5.41) is 4.11. The molecule has 2 aromatic heterocycles. The van der Waals surface area contributed by atoms with Gasteiger partial charge in [-0.3, -0.25) is 9.48 Å². The zero-order valence-electron chi connectivity index (χ0n) is 13.9. The summed E-state index contributed by atoms with van der Waals surface area (Å²) in [6.45, 7) is 2.55. The first-order valence-corrected chi connectivity index (χ1v) is 8.23. The van der Waals surface area contributed by atoms with Crippen LogP contribution in [0.5, 0.6) is 11.5 Å². The quantitative estimate of drug-likeness (QED) is 0.726. The van der Waals surface area contributed by atoms with Gasteiger partial charge in [0.25, 0.3) is 5.91 Å². The molecule has 2 heterocycles. The van der Waals surface area contributed by atoms with E-state index in [-0.39, 0.29) is 5.91 Å². The molecule has 0 saturated heterocycles. The van der Waals surface area contributed by atoms with Crippen molar-refractivity contribution in [2.45, 2.75) is 13.5 Å². The highest BCUT2D eigenvalue weighted by Crippen LogP contribution is 2.33. The van der Waals surface area contributed by atoms with Crippen LogP contribution in [0.3, 0.4) is 0 Å². The summed E-state index contributed by atoms with van der Waals surface area (Å²) in [4.78, 5) is 17.3. The van der Waals surface area contributed by atoms with E-state index >= 15 is 0 Å². The molecule has 0 saturated carbocycles. The number of hydrogen-bond acceptors (Lipinski definition) is 5. The maximum Gasteiger partial charge on any atom is 0.297 e. The monoisotopic (exact) mass is 346 g/mol. The average Bonchev–Trinajstić information content (AvgIpc) is 3.18. The number of fused-ring (bicyclic) bond motifs is 1. The summed E-state index contributed by atoms with van der Waals surface area (Å²) in [5.41, 5.74) is 1.40. The van der Waals surface area contributed by atoms with E-state index in [9.17, 15) is 4.79 Å². The molecule has 7 nitrogen and oxygen atoms in total. The van der Waals surface area contributed by atoms with Gasteiger partial charge in [-0.15, -0.1) is 0 Å². The predicted molar refractivity (Wildman–Crippen MR) is 91.7 cm³/mol. The summed E-state index contributed by atoms with van der Waals surface area (Å²) in [5.74, 6) is 0.976. The van der Waals surface area contributed by atoms with Gasteiger partial charge < -0.3 is 14.0 Å². The highest BCUT2D eigenvalue weighted by molar-refractivity contribution is 7.16. The Bertz CT molecular complexity index is 968. The largest absolute Gasteiger partial charge is 0.493 e. The second kappa shape index (κ2) is 6.48. The third-order valence-electron chi connectivity index (χ3n) is 3.75. The molecule has 0 bridgehead atoms. The molecule has 0 aliphatic heterocycles. The fourth-order valence-corrected chi connectivity index (χ4v) is 3.50. The third-order valence-corrected chi connectivity index (χ3v) is 4.84. The van der Waals surface area contributed by atoms with Crippen molar-refractivity contribution in [3.05, 3.63) is 34.9 Å². The Morgan fingerprint density at radius 3 is 2.67 bits per heavy atom. The molecule has 0 aliphatic carbocycles. The van der Waals surface area contributed by atoms with E-state index in [4.69, 9.17) is 9.47 Å². The molecule has 24 heavy (non-hydrogen) atoms. The fourth-order valence-electron chi connectivity index (χ4n) is 2.47. The third kappa shape index (κ3) is 2.69. The number of rotatable bonds is 4. The molecule has 0 atom stereocenters. The number of aryl methyl sites for hydroxylation is 2. The standard InChI is InChI=1S/C16H18N4O3S/c1-5-20-10(6-7-17-20)15(21)18-16-19(2)11-8-12(22-3)13(23-4)9-14(11)24-16/h6-9H,5H2,1-4H3. The number of carbonyl (C=O) groups is 1. The van der Waals surface area contributed by atoms with Crippen molar-refractivity contribution in [3.8, 4) is 11.5 Å². The summed E-state index contributed by atoms with van der Waals surface area (Å²) >= 11 is 1.42. The second-order valence-corrected chi connectivity index (χ2v) is 6.08. The summed E-state index contributed by atoms with van der Waals surface area (Å²) in [7, 11) is 5.06. The fraction of sp³-hybridized carbons (Fsp3) is 0.312. The van der Waals surface area contributed by atoms with Crippen molar-refractivity contribution in [3.63, 3.8) is 0 Å². The molecule has 0 aliphatic rings. The second-order valence-electron chi connectivity index (χ2n) is 5.07. The SMILES string of the molecule is CCn1nccc1C(=O)N=c1sc2cc(OC)c(OC)cc2n1C. The lowest BCUT2D eigenvalue weighted by Gasteiger charge is -2.07. The molecule has 8 heteroatoms. The number of nitrogens with zero attached hydrogens (tertiary/aromatic N) is 4. The number of thiazole rings is 1. The van der Waals surface area contributed by atoms with E-state index in [1.807, 2.05) is 30.7 Å². The molecule has 3 aromatic rings. The first kappa shape index (κ1) is 16.3. The van der Waals surface area contributed by atoms with E-state index in [1.54, 1.807) is 31.2 Å². The van der Waals surface area contributed by atoms with Gasteiger partial charge in [0.15, 0.2) is 16.3 Å². The van der Waals surface area contributed by atoms with E-state index in [0.29, 0.717) is 28.5 Å². The molecule has 0 fully saturated rings. The van der Waals surface area contributed by atoms with Gasteiger partial charge in [0, 0.05) is 31.9 Å². The first-order chi connectivity index (χ1) is 11.6. The van der Waals surface area contributed by atoms with Crippen LogP contribution < -0.4 is 14.3 Å². The Hall–Kier alpha value is -2.61. The lowest BCUT2D eigenvalue weighted by Crippen LogP contribution is -2.15. The van der Waals surface area contributed by atoms with E-state index in [2.05, 4.69) is 10.1 Å². The van der Waals surface area contributed by atoms with Gasteiger partial charge in [0.05, 0.1) is 24.4 Å². The van der Waals surface area contributed by atoms with Crippen LogP contribution in [0.1, 0.15) is 17.4 Å². The normalized spacial score (nSPS) is 11.9. The molecule has 126 valence electrons. The topological polar surface area (TPSA) is 70.6 Å². The van der Waals surface area contributed by atoms with Gasteiger partial charge in [-0.1, -0.05) is 11.3 Å². The van der Waals surface area contributed by atoms with E-state index in [0.717, 1.165) is 10.2 Å². The van der Waals surface area contributed by atoms with Crippen molar-refractivity contribution >= 4 is 27.5 Å². The van der Waals surface area contributed by atoms with Crippen LogP contribution in [-0.2, 0) is 13.6 Å². The molecule has 3 rings (SSSR count). The van der Waals surface area contributed by atoms with Gasteiger partial charge in [-0.2, -0.15) is 10.1 Å². The van der Waals surface area contributed by atoms with Crippen molar-refractivity contribution in [2.75, 3.05) is 14.2 Å². The number of amides is 1. The maximum atomic E-state index is 12.4. The molecule has 1 aromatic carbocycles. The van der Waals surface area contributed by atoms with Crippen molar-refractivity contribution in [1.82, 2.24) is 14.3 Å². The van der Waals surface area contributed by atoms with Gasteiger partial charge in [0.1, 0.15) is 5.69 Å². The number of benzene rings is 1. The molecule has 0 radical (unpaired) electrons. The Balaban J connectivity index is 2.13. The first-order valence-electron chi connectivity index (χ1n) is 7.41. The average molecular weight is 346 g/mol. The van der Waals surface area contributed by atoms with Crippen LogP contribution in [0, 0.1) is 0 Å². The van der Waals surface area contributed by atoms with Crippen LogP contribution >= 0.6 is 11.3 Å². The molecular formula is C16H18N4O3S. The lowest BCUT2D eigenvalue weighted by molar-refractivity contribution is 0.0988. The molecule has 0 spiro atoms. The summed E-state index contributed by atoms with van der Waals surface area (Å²) < 4.78 is 15.1. The number of hydrogen-bond donors (Lipinski definition) is 0. The van der Waals surface area contributed by atoms with Crippen molar-refractivity contribution < 1.29 is 14.3 Å². The number of methoxy groups -OCH3 is 2.